The molecule has 2 heterocycles. The average Bonchev–Trinajstić information content (AvgIpc) is 2.20. The van der Waals surface area contributed by atoms with Crippen LogP contribution >= 0.6 is 11.8 Å². The van der Waals surface area contributed by atoms with Gasteiger partial charge in [0.1, 0.15) is 5.03 Å². The van der Waals surface area contributed by atoms with E-state index in [0.717, 1.165) is 5.03 Å². The average molecular weight is 209 g/mol. The third-order valence-electron chi connectivity index (χ3n) is 2.12. The maximum absolute atomic E-state index is 11.8. The Morgan fingerprint density at radius 1 is 1.50 bits per heavy atom. The molecule has 5 heteroatoms. The van der Waals surface area contributed by atoms with Crippen LogP contribution in [0.5, 0.6) is 0 Å². The smallest absolute Gasteiger partial charge is 0.241 e. The second kappa shape index (κ2) is 3.57. The van der Waals surface area contributed by atoms with E-state index in [-0.39, 0.29) is 11.2 Å². The molecule has 2 rings (SSSR count). The molecule has 1 atom stereocenters. The van der Waals surface area contributed by atoms with Gasteiger partial charge in [-0.1, -0.05) is 11.8 Å². The minimum atomic E-state index is -0.0563. The van der Waals surface area contributed by atoms with Crippen molar-refractivity contribution in [3.05, 3.63) is 12.4 Å². The molecule has 0 aliphatic carbocycles. The zero-order valence-electron chi connectivity index (χ0n) is 8.10. The first-order valence-corrected chi connectivity index (χ1v) is 5.41. The van der Waals surface area contributed by atoms with E-state index in [4.69, 9.17) is 0 Å². The normalized spacial score (nSPS) is 20.9. The molecule has 1 aliphatic rings. The van der Waals surface area contributed by atoms with Crippen LogP contribution in [0.4, 0.5) is 5.82 Å². The Balaban J connectivity index is 2.47. The van der Waals surface area contributed by atoms with Gasteiger partial charge in [0.05, 0.1) is 5.25 Å². The van der Waals surface area contributed by atoms with E-state index in [1.54, 1.807) is 17.3 Å². The highest BCUT2D eigenvalue weighted by molar-refractivity contribution is 8.00. The maximum Gasteiger partial charge on any atom is 0.241 e. The molecule has 74 valence electrons. The molecule has 0 fully saturated rings. The lowest BCUT2D eigenvalue weighted by atomic mass is 10.3. The lowest BCUT2D eigenvalue weighted by molar-refractivity contribution is -0.118. The molecule has 1 aromatic rings. The van der Waals surface area contributed by atoms with Crippen LogP contribution < -0.4 is 4.90 Å². The van der Waals surface area contributed by atoms with Crippen LogP contribution in [-0.4, -0.2) is 27.7 Å². The fourth-order valence-electron chi connectivity index (χ4n) is 1.43. The van der Waals surface area contributed by atoms with Crippen molar-refractivity contribution in [3.8, 4) is 0 Å². The van der Waals surface area contributed by atoms with E-state index < -0.39 is 0 Å². The predicted octanol–water partition coefficient (Wildman–Crippen LogP) is 1.32. The third-order valence-corrected chi connectivity index (χ3v) is 3.19. The summed E-state index contributed by atoms with van der Waals surface area (Å²) in [4.78, 5) is 21.8. The third kappa shape index (κ3) is 1.37. The molecule has 0 saturated carbocycles. The van der Waals surface area contributed by atoms with Crippen molar-refractivity contribution >= 4 is 23.5 Å². The first kappa shape index (κ1) is 9.45. The van der Waals surface area contributed by atoms with Crippen LogP contribution in [0.2, 0.25) is 0 Å². The van der Waals surface area contributed by atoms with Gasteiger partial charge in [-0.2, -0.15) is 0 Å². The van der Waals surface area contributed by atoms with Crippen LogP contribution in [-0.2, 0) is 4.79 Å². The van der Waals surface area contributed by atoms with Crippen LogP contribution in [0.25, 0.3) is 0 Å². The fourth-order valence-corrected chi connectivity index (χ4v) is 2.39. The van der Waals surface area contributed by atoms with Crippen molar-refractivity contribution < 1.29 is 4.79 Å². The van der Waals surface area contributed by atoms with Gasteiger partial charge >= 0.3 is 0 Å². The Morgan fingerprint density at radius 2 is 2.21 bits per heavy atom. The highest BCUT2D eigenvalue weighted by Gasteiger charge is 2.31. The molecule has 0 aromatic carbocycles. The van der Waals surface area contributed by atoms with Crippen LogP contribution in [0.3, 0.4) is 0 Å². The van der Waals surface area contributed by atoms with E-state index in [0.29, 0.717) is 12.4 Å². The van der Waals surface area contributed by atoms with Gasteiger partial charge in [-0.3, -0.25) is 9.69 Å². The molecular formula is C9H11N3OS. The van der Waals surface area contributed by atoms with E-state index >= 15 is 0 Å². The summed E-state index contributed by atoms with van der Waals surface area (Å²) < 4.78 is 0. The standard InChI is InChI=1S/C9H11N3OS/c1-3-12-7-8(11-5-4-10-7)14-6(2)9(12)13/h4-6H,3H2,1-2H3. The van der Waals surface area contributed by atoms with E-state index in [1.807, 2.05) is 13.8 Å². The molecule has 0 radical (unpaired) electrons. The Kier molecular flexibility index (Phi) is 2.41. The molecule has 0 bridgehead atoms. The van der Waals surface area contributed by atoms with Crippen molar-refractivity contribution in [2.24, 2.45) is 0 Å². The van der Waals surface area contributed by atoms with Crippen molar-refractivity contribution in [2.75, 3.05) is 11.4 Å². The Labute approximate surface area is 86.7 Å². The predicted molar refractivity (Wildman–Crippen MR) is 55.4 cm³/mol. The fraction of sp³-hybridized carbons (Fsp3) is 0.444. The minimum absolute atomic E-state index is 0.0563. The highest BCUT2D eigenvalue weighted by atomic mass is 32.2. The number of rotatable bonds is 1. The number of carbonyl (C=O) groups excluding carboxylic acids is 1. The van der Waals surface area contributed by atoms with Crippen LogP contribution in [0.15, 0.2) is 17.4 Å². The summed E-state index contributed by atoms with van der Waals surface area (Å²) in [5.74, 6) is 0.814. The Hall–Kier alpha value is -1.10. The largest absolute Gasteiger partial charge is 0.294 e. The van der Waals surface area contributed by atoms with Crippen molar-refractivity contribution in [1.82, 2.24) is 9.97 Å². The van der Waals surface area contributed by atoms with Gasteiger partial charge in [0, 0.05) is 18.9 Å². The Morgan fingerprint density at radius 3 is 2.93 bits per heavy atom. The van der Waals surface area contributed by atoms with Gasteiger partial charge in [0.2, 0.25) is 5.91 Å². The molecule has 0 saturated heterocycles. The monoisotopic (exact) mass is 209 g/mol. The SMILES string of the molecule is CCN1C(=O)C(C)Sc2nccnc21. The van der Waals surface area contributed by atoms with Crippen molar-refractivity contribution in [3.63, 3.8) is 0 Å². The van der Waals surface area contributed by atoms with E-state index in [9.17, 15) is 4.79 Å². The van der Waals surface area contributed by atoms with Crippen molar-refractivity contribution in [1.29, 1.82) is 0 Å². The minimum Gasteiger partial charge on any atom is -0.294 e. The number of anilines is 1. The second-order valence-electron chi connectivity index (χ2n) is 3.03. The van der Waals surface area contributed by atoms with Gasteiger partial charge in [-0.25, -0.2) is 9.97 Å². The van der Waals surface area contributed by atoms with Crippen LogP contribution in [0.1, 0.15) is 13.8 Å². The number of amides is 1. The molecular weight excluding hydrogens is 198 g/mol. The van der Waals surface area contributed by atoms with E-state index in [1.165, 1.54) is 11.8 Å². The van der Waals surface area contributed by atoms with Gasteiger partial charge in [0.25, 0.3) is 0 Å². The lowest BCUT2D eigenvalue weighted by Crippen LogP contribution is -2.40. The number of fused-ring (bicyclic) bond motifs is 1. The molecule has 0 spiro atoms. The molecule has 1 aliphatic heterocycles. The summed E-state index contributed by atoms with van der Waals surface area (Å²) in [7, 11) is 0. The summed E-state index contributed by atoms with van der Waals surface area (Å²) in [6.07, 6.45) is 3.27. The first-order chi connectivity index (χ1) is 6.74. The molecule has 1 aromatic heterocycles. The number of aromatic nitrogens is 2. The maximum atomic E-state index is 11.8. The van der Waals surface area contributed by atoms with E-state index in [2.05, 4.69) is 9.97 Å². The second-order valence-corrected chi connectivity index (χ2v) is 4.36. The molecule has 14 heavy (non-hydrogen) atoms. The number of carbonyl (C=O) groups is 1. The van der Waals surface area contributed by atoms with Gasteiger partial charge in [0.15, 0.2) is 5.82 Å². The summed E-state index contributed by atoms with van der Waals surface area (Å²) in [5, 5.41) is 0.792. The number of thioether (sulfide) groups is 1. The zero-order valence-corrected chi connectivity index (χ0v) is 8.91. The van der Waals surface area contributed by atoms with Crippen molar-refractivity contribution in [2.45, 2.75) is 24.1 Å². The topological polar surface area (TPSA) is 46.1 Å². The lowest BCUT2D eigenvalue weighted by Gasteiger charge is -2.29. The Bertz CT molecular complexity index is 369. The van der Waals surface area contributed by atoms with Gasteiger partial charge in [-0.15, -0.1) is 0 Å². The highest BCUT2D eigenvalue weighted by Crippen LogP contribution is 2.35. The van der Waals surface area contributed by atoms with Gasteiger partial charge in [-0.05, 0) is 13.8 Å². The summed E-state index contributed by atoms with van der Waals surface area (Å²) in [5.41, 5.74) is 0. The summed E-state index contributed by atoms with van der Waals surface area (Å²) >= 11 is 1.47. The molecule has 1 unspecified atom stereocenters. The molecule has 1 amide bonds. The first-order valence-electron chi connectivity index (χ1n) is 4.53. The quantitative estimate of drug-likeness (QED) is 0.700. The number of nitrogens with zero attached hydrogens (tertiary/aromatic N) is 3. The summed E-state index contributed by atoms with van der Waals surface area (Å²) in [6, 6.07) is 0. The zero-order chi connectivity index (χ0) is 10.1. The molecule has 4 nitrogen and oxygen atoms in total. The van der Waals surface area contributed by atoms with Crippen LogP contribution in [0, 0.1) is 0 Å². The summed E-state index contributed by atoms with van der Waals surface area (Å²) in [6.45, 7) is 4.49. The number of hydrogen-bond acceptors (Lipinski definition) is 4. The van der Waals surface area contributed by atoms with Gasteiger partial charge < -0.3 is 0 Å². The number of hydrogen-bond donors (Lipinski definition) is 0. The molecule has 0 N–H and O–H groups in total.